The molecule has 0 spiro atoms. The Morgan fingerprint density at radius 3 is 2.82 bits per heavy atom. The third-order valence-corrected chi connectivity index (χ3v) is 3.76. The summed E-state index contributed by atoms with van der Waals surface area (Å²) in [6.45, 7) is 2.72. The first-order valence-electron chi connectivity index (χ1n) is 5.85. The molecule has 0 bridgehead atoms. The van der Waals surface area contributed by atoms with Crippen LogP contribution in [-0.4, -0.2) is 16.3 Å². The second-order valence-electron chi connectivity index (χ2n) is 3.99. The molecule has 0 saturated carbocycles. The molecule has 1 saturated heterocycles. The molecule has 0 radical (unpaired) electrons. The van der Waals surface area contributed by atoms with E-state index in [1.165, 1.54) is 0 Å². The number of rotatable bonds is 4. The van der Waals surface area contributed by atoms with Crippen molar-refractivity contribution in [1.82, 2.24) is 5.32 Å². The number of amides is 1. The molecule has 17 heavy (non-hydrogen) atoms. The van der Waals surface area contributed by atoms with Crippen LogP contribution in [0.4, 0.5) is 0 Å². The van der Waals surface area contributed by atoms with Gasteiger partial charge in [-0.25, -0.2) is 0 Å². The van der Waals surface area contributed by atoms with Gasteiger partial charge in [-0.1, -0.05) is 55.4 Å². The smallest absolute Gasteiger partial charge is 0.239 e. The molecule has 4 heteroatoms. The van der Waals surface area contributed by atoms with Crippen molar-refractivity contribution in [2.45, 2.75) is 31.6 Å². The lowest BCUT2D eigenvalue weighted by atomic mass is 10.2. The maximum absolute atomic E-state index is 11.6. The maximum Gasteiger partial charge on any atom is 0.239 e. The molecule has 90 valence electrons. The highest BCUT2D eigenvalue weighted by atomic mass is 32.2. The highest BCUT2D eigenvalue weighted by Crippen LogP contribution is 2.23. The summed E-state index contributed by atoms with van der Waals surface area (Å²) in [5.74, 6) is 0.101. The van der Waals surface area contributed by atoms with Gasteiger partial charge in [0, 0.05) is 0 Å². The quantitative estimate of drug-likeness (QED) is 0.889. The Morgan fingerprint density at radius 1 is 1.35 bits per heavy atom. The number of amidine groups is 1. The number of nitrogens with one attached hydrogen (secondary N) is 1. The van der Waals surface area contributed by atoms with Crippen LogP contribution in [0.5, 0.6) is 0 Å². The first-order valence-corrected chi connectivity index (χ1v) is 6.73. The fourth-order valence-corrected chi connectivity index (χ4v) is 2.77. The number of hydrogen-bond acceptors (Lipinski definition) is 3. The minimum absolute atomic E-state index is 0.0505. The number of thioether (sulfide) groups is 1. The van der Waals surface area contributed by atoms with Crippen LogP contribution in [0.1, 0.15) is 25.3 Å². The summed E-state index contributed by atoms with van der Waals surface area (Å²) in [5.41, 5.74) is 1.16. The van der Waals surface area contributed by atoms with Gasteiger partial charge in [-0.3, -0.25) is 9.79 Å². The van der Waals surface area contributed by atoms with Crippen LogP contribution in [-0.2, 0) is 11.3 Å². The van der Waals surface area contributed by atoms with Crippen LogP contribution in [0.15, 0.2) is 35.3 Å². The highest BCUT2D eigenvalue weighted by molar-refractivity contribution is 8.15. The van der Waals surface area contributed by atoms with Gasteiger partial charge in [0.15, 0.2) is 5.17 Å². The average Bonchev–Trinajstić information content (AvgIpc) is 2.70. The van der Waals surface area contributed by atoms with E-state index >= 15 is 0 Å². The number of hydrogen-bond donors (Lipinski definition) is 1. The third kappa shape index (κ3) is 3.33. The van der Waals surface area contributed by atoms with E-state index in [0.717, 1.165) is 23.6 Å². The Balaban J connectivity index is 1.94. The summed E-state index contributed by atoms with van der Waals surface area (Å²) in [4.78, 5) is 16.0. The molecule has 1 N–H and O–H groups in total. The third-order valence-electron chi connectivity index (χ3n) is 2.58. The molecule has 1 aromatic rings. The van der Waals surface area contributed by atoms with Crippen molar-refractivity contribution in [1.29, 1.82) is 0 Å². The second kappa shape index (κ2) is 5.87. The lowest BCUT2D eigenvalue weighted by Gasteiger charge is -2.00. The van der Waals surface area contributed by atoms with Gasteiger partial charge in [0.1, 0.15) is 0 Å². The van der Waals surface area contributed by atoms with E-state index in [0.29, 0.717) is 6.54 Å². The van der Waals surface area contributed by atoms with Gasteiger partial charge in [0.2, 0.25) is 5.91 Å². The van der Waals surface area contributed by atoms with Gasteiger partial charge in [-0.05, 0) is 12.0 Å². The molecule has 1 aliphatic heterocycles. The van der Waals surface area contributed by atoms with Gasteiger partial charge in [-0.15, -0.1) is 0 Å². The predicted molar refractivity (Wildman–Crippen MR) is 72.0 cm³/mol. The van der Waals surface area contributed by atoms with Crippen molar-refractivity contribution in [2.75, 3.05) is 0 Å². The fraction of sp³-hybridized carbons (Fsp3) is 0.385. The van der Waals surface area contributed by atoms with Crippen LogP contribution >= 0.6 is 11.8 Å². The molecule has 1 unspecified atom stereocenters. The van der Waals surface area contributed by atoms with E-state index in [-0.39, 0.29) is 11.2 Å². The Labute approximate surface area is 106 Å². The van der Waals surface area contributed by atoms with Crippen molar-refractivity contribution in [2.24, 2.45) is 4.99 Å². The van der Waals surface area contributed by atoms with E-state index in [9.17, 15) is 4.79 Å². The minimum atomic E-state index is 0.0505. The molecule has 1 aromatic carbocycles. The van der Waals surface area contributed by atoms with E-state index < -0.39 is 0 Å². The van der Waals surface area contributed by atoms with Crippen molar-refractivity contribution < 1.29 is 4.79 Å². The number of carbonyl (C=O) groups is 1. The monoisotopic (exact) mass is 248 g/mol. The molecular formula is C13H16N2OS. The summed E-state index contributed by atoms with van der Waals surface area (Å²) in [5, 5.41) is 3.64. The van der Waals surface area contributed by atoms with Gasteiger partial charge >= 0.3 is 0 Å². The van der Waals surface area contributed by atoms with E-state index in [4.69, 9.17) is 0 Å². The zero-order chi connectivity index (χ0) is 12.1. The van der Waals surface area contributed by atoms with Gasteiger partial charge < -0.3 is 5.32 Å². The molecule has 0 aromatic heterocycles. The molecule has 1 aliphatic rings. The Morgan fingerprint density at radius 2 is 2.12 bits per heavy atom. The molecule has 0 aliphatic carbocycles. The number of nitrogens with zero attached hydrogens (tertiary/aromatic N) is 1. The zero-order valence-corrected chi connectivity index (χ0v) is 10.7. The van der Waals surface area contributed by atoms with Crippen molar-refractivity contribution in [3.63, 3.8) is 0 Å². The van der Waals surface area contributed by atoms with Crippen LogP contribution in [0, 0.1) is 0 Å². The Bertz CT molecular complexity index is 417. The predicted octanol–water partition coefficient (Wildman–Crippen LogP) is 2.57. The first-order chi connectivity index (χ1) is 8.29. The molecule has 2 rings (SSSR count). The summed E-state index contributed by atoms with van der Waals surface area (Å²) in [6.07, 6.45) is 1.94. The highest BCUT2D eigenvalue weighted by Gasteiger charge is 2.28. The van der Waals surface area contributed by atoms with Crippen LogP contribution < -0.4 is 5.32 Å². The van der Waals surface area contributed by atoms with E-state index in [1.54, 1.807) is 11.8 Å². The first kappa shape index (κ1) is 12.2. The SMILES string of the molecule is CCCC1SC(=NCc2ccccc2)NC1=O. The average molecular weight is 248 g/mol. The van der Waals surface area contributed by atoms with Crippen LogP contribution in [0.2, 0.25) is 0 Å². The molecule has 3 nitrogen and oxygen atoms in total. The summed E-state index contributed by atoms with van der Waals surface area (Å²) in [7, 11) is 0. The molecular weight excluding hydrogens is 232 g/mol. The lowest BCUT2D eigenvalue weighted by Crippen LogP contribution is -2.24. The number of aliphatic imine (C=N–C) groups is 1. The minimum Gasteiger partial charge on any atom is -0.304 e. The van der Waals surface area contributed by atoms with Crippen molar-refractivity contribution >= 4 is 22.8 Å². The van der Waals surface area contributed by atoms with Gasteiger partial charge in [0.25, 0.3) is 0 Å². The number of carbonyl (C=O) groups excluding carboxylic acids is 1. The van der Waals surface area contributed by atoms with Gasteiger partial charge in [-0.2, -0.15) is 0 Å². The second-order valence-corrected chi connectivity index (χ2v) is 5.18. The fourth-order valence-electron chi connectivity index (χ4n) is 1.68. The van der Waals surface area contributed by atoms with E-state index in [2.05, 4.69) is 17.2 Å². The molecule has 1 amide bonds. The summed E-state index contributed by atoms with van der Waals surface area (Å²) < 4.78 is 0. The van der Waals surface area contributed by atoms with Crippen LogP contribution in [0.25, 0.3) is 0 Å². The summed E-state index contributed by atoms with van der Waals surface area (Å²) >= 11 is 1.55. The molecule has 1 atom stereocenters. The lowest BCUT2D eigenvalue weighted by molar-refractivity contribution is -0.118. The van der Waals surface area contributed by atoms with Gasteiger partial charge in [0.05, 0.1) is 11.8 Å². The van der Waals surface area contributed by atoms with Crippen molar-refractivity contribution in [3.05, 3.63) is 35.9 Å². The Hall–Kier alpha value is -1.29. The van der Waals surface area contributed by atoms with Crippen molar-refractivity contribution in [3.8, 4) is 0 Å². The Kier molecular flexibility index (Phi) is 4.20. The number of benzene rings is 1. The van der Waals surface area contributed by atoms with Crippen LogP contribution in [0.3, 0.4) is 0 Å². The molecule has 1 heterocycles. The topological polar surface area (TPSA) is 41.5 Å². The molecule has 1 fully saturated rings. The van der Waals surface area contributed by atoms with E-state index in [1.807, 2.05) is 30.3 Å². The normalized spacial score (nSPS) is 21.8. The zero-order valence-electron chi connectivity index (χ0n) is 9.85. The maximum atomic E-state index is 11.6. The summed E-state index contributed by atoms with van der Waals surface area (Å²) in [6, 6.07) is 10.1. The largest absolute Gasteiger partial charge is 0.304 e. The standard InChI is InChI=1S/C13H16N2OS/c1-2-6-11-12(16)15-13(17-11)14-9-10-7-4-3-5-8-10/h3-5,7-8,11H,2,6,9H2,1H3,(H,14,15,16).